The molecule has 2 amide bonds. The van der Waals surface area contributed by atoms with Crippen LogP contribution in [0.3, 0.4) is 0 Å². The number of hydrogen-bond donors (Lipinski definition) is 1. The summed E-state index contributed by atoms with van der Waals surface area (Å²) in [5.74, 6) is -2.75. The molecule has 1 fully saturated rings. The first kappa shape index (κ1) is 25.0. The Morgan fingerprint density at radius 3 is 2.16 bits per heavy atom. The van der Waals surface area contributed by atoms with E-state index in [1.807, 2.05) is 26.8 Å². The number of ketones is 2. The number of hydrogen-bond acceptors (Lipinski definition) is 7. The molecule has 0 saturated carbocycles. The van der Waals surface area contributed by atoms with Gasteiger partial charge in [-0.2, -0.15) is 0 Å². The molecule has 4 atom stereocenters. The Kier molecular flexibility index (Phi) is 5.69. The monoisotopic (exact) mass is 505 g/mol. The molecule has 194 valence electrons. The number of amides is 2. The van der Waals surface area contributed by atoms with Gasteiger partial charge in [0.15, 0.2) is 11.6 Å². The number of imide groups is 1. The van der Waals surface area contributed by atoms with Gasteiger partial charge in [-0.3, -0.25) is 24.1 Å². The van der Waals surface area contributed by atoms with Crippen LogP contribution in [0.4, 0.5) is 0 Å². The molecule has 3 aliphatic carbocycles. The van der Waals surface area contributed by atoms with E-state index in [1.54, 1.807) is 6.92 Å². The number of nitrogens with zero attached hydrogens (tertiary/aromatic N) is 1. The molecule has 1 heterocycles. The molecule has 0 bridgehead atoms. The van der Waals surface area contributed by atoms with E-state index in [9.17, 15) is 24.3 Å². The molecule has 8 nitrogen and oxygen atoms in total. The number of benzene rings is 1. The standard InChI is InChI=1S/C29H31NO7/c1-13-9-19(32)18-12-17-15(7-8-16-22(17)28(35)30(27(16)34)29(2,3)4)23(24(18)26(13)33)25-20(36-5)10-14(31)11-21(25)37-6/h7,9-11,16-17,22-23,31H,8,12H2,1-6H3/t16-,17+,22-,23-/m0/s1. The Labute approximate surface area is 215 Å². The molecular formula is C29H31NO7. The Morgan fingerprint density at radius 2 is 1.59 bits per heavy atom. The number of likely N-dealkylation sites (tertiary alicyclic amines) is 1. The van der Waals surface area contributed by atoms with Crippen molar-refractivity contribution in [2.24, 2.45) is 17.8 Å². The molecule has 1 aromatic carbocycles. The molecule has 0 spiro atoms. The van der Waals surface area contributed by atoms with E-state index in [4.69, 9.17) is 9.47 Å². The molecule has 8 heteroatoms. The summed E-state index contributed by atoms with van der Waals surface area (Å²) in [5, 5.41) is 10.3. The van der Waals surface area contributed by atoms with Crippen LogP contribution < -0.4 is 9.47 Å². The highest BCUT2D eigenvalue weighted by molar-refractivity contribution is 6.24. The predicted octanol–water partition coefficient (Wildman–Crippen LogP) is 3.64. The molecule has 1 aromatic rings. The number of aromatic hydroxyl groups is 1. The quantitative estimate of drug-likeness (QED) is 0.379. The van der Waals surface area contributed by atoms with Crippen molar-refractivity contribution in [3.63, 3.8) is 0 Å². The number of ether oxygens (including phenoxy) is 2. The molecule has 0 aromatic heterocycles. The van der Waals surface area contributed by atoms with Crippen LogP contribution >= 0.6 is 0 Å². The van der Waals surface area contributed by atoms with Crippen LogP contribution in [0.2, 0.25) is 0 Å². The van der Waals surface area contributed by atoms with Gasteiger partial charge >= 0.3 is 0 Å². The molecule has 37 heavy (non-hydrogen) atoms. The van der Waals surface area contributed by atoms with Gasteiger partial charge in [0.25, 0.3) is 0 Å². The first-order chi connectivity index (χ1) is 17.4. The lowest BCUT2D eigenvalue weighted by Gasteiger charge is -2.42. The molecule has 1 N–H and O–H groups in total. The van der Waals surface area contributed by atoms with Crippen molar-refractivity contribution in [2.75, 3.05) is 14.2 Å². The normalized spacial score (nSPS) is 27.5. The summed E-state index contributed by atoms with van der Waals surface area (Å²) < 4.78 is 11.3. The van der Waals surface area contributed by atoms with Gasteiger partial charge in [-0.05, 0) is 52.5 Å². The lowest BCUT2D eigenvalue weighted by molar-refractivity contribution is -0.145. The minimum absolute atomic E-state index is 0.0730. The van der Waals surface area contributed by atoms with Crippen LogP contribution in [0.1, 0.15) is 52.0 Å². The number of methoxy groups -OCH3 is 2. The summed E-state index contributed by atoms with van der Waals surface area (Å²) in [6.07, 6.45) is 3.86. The van der Waals surface area contributed by atoms with Crippen LogP contribution in [0.5, 0.6) is 17.2 Å². The van der Waals surface area contributed by atoms with Gasteiger partial charge in [-0.25, -0.2) is 0 Å². The number of rotatable bonds is 3. The smallest absolute Gasteiger partial charge is 0.234 e. The van der Waals surface area contributed by atoms with E-state index in [2.05, 4.69) is 0 Å². The summed E-state index contributed by atoms with van der Waals surface area (Å²) in [6, 6.07) is 2.88. The highest BCUT2D eigenvalue weighted by Gasteiger charge is 2.58. The number of allylic oxidation sites excluding steroid dienone is 6. The number of phenols is 1. The van der Waals surface area contributed by atoms with E-state index in [0.717, 1.165) is 5.57 Å². The maximum absolute atomic E-state index is 13.8. The second-order valence-electron chi connectivity index (χ2n) is 11.2. The Hall–Kier alpha value is -3.68. The van der Waals surface area contributed by atoms with E-state index in [0.29, 0.717) is 40.2 Å². The summed E-state index contributed by atoms with van der Waals surface area (Å²) >= 11 is 0. The van der Waals surface area contributed by atoms with E-state index in [-0.39, 0.29) is 35.6 Å². The lowest BCUT2D eigenvalue weighted by Crippen LogP contribution is -2.46. The highest BCUT2D eigenvalue weighted by Crippen LogP contribution is 2.58. The molecule has 1 saturated heterocycles. The van der Waals surface area contributed by atoms with E-state index < -0.39 is 29.2 Å². The fourth-order valence-corrected chi connectivity index (χ4v) is 6.56. The lowest BCUT2D eigenvalue weighted by atomic mass is 9.59. The van der Waals surface area contributed by atoms with Gasteiger partial charge in [0, 0.05) is 45.9 Å². The second-order valence-corrected chi connectivity index (χ2v) is 11.2. The molecular weight excluding hydrogens is 474 g/mol. The molecule has 0 radical (unpaired) electrons. The van der Waals surface area contributed by atoms with Crippen molar-refractivity contribution in [2.45, 2.75) is 52.0 Å². The van der Waals surface area contributed by atoms with E-state index in [1.165, 1.54) is 37.3 Å². The second kappa shape index (κ2) is 8.43. The zero-order valence-corrected chi connectivity index (χ0v) is 21.9. The van der Waals surface area contributed by atoms with Gasteiger partial charge in [0.1, 0.15) is 17.2 Å². The SMILES string of the molecule is COc1cc(O)cc(OC)c1[C@H]1C2=CC[C@@H]3C(=O)N(C(C)(C)C)C(=O)[C@@H]3[C@@H]2CC2=C1C(=O)C(C)=CC2=O. The fourth-order valence-electron chi connectivity index (χ4n) is 6.56. The van der Waals surface area contributed by atoms with Crippen molar-refractivity contribution in [1.82, 2.24) is 4.90 Å². The maximum Gasteiger partial charge on any atom is 0.234 e. The number of Topliss-reactive ketones (excluding diaryl/α,β-unsaturated/α-hetero) is 1. The largest absolute Gasteiger partial charge is 0.508 e. The van der Waals surface area contributed by atoms with Gasteiger partial charge in [0.05, 0.1) is 26.1 Å². The minimum atomic E-state index is -0.730. The summed E-state index contributed by atoms with van der Waals surface area (Å²) in [6.45, 7) is 7.12. The highest BCUT2D eigenvalue weighted by atomic mass is 16.5. The van der Waals surface area contributed by atoms with E-state index >= 15 is 0 Å². The Bertz CT molecular complexity index is 1330. The molecule has 1 aliphatic heterocycles. The van der Waals surface area contributed by atoms with Crippen molar-refractivity contribution < 1.29 is 33.8 Å². The fraction of sp³-hybridized carbons (Fsp3) is 0.448. The van der Waals surface area contributed by atoms with Gasteiger partial charge in [-0.15, -0.1) is 0 Å². The first-order valence-corrected chi connectivity index (χ1v) is 12.4. The van der Waals surface area contributed by atoms with Crippen molar-refractivity contribution in [3.05, 3.63) is 52.1 Å². The molecule has 0 unspecified atom stereocenters. The third-order valence-electron chi connectivity index (χ3n) is 8.05. The Morgan fingerprint density at radius 1 is 0.973 bits per heavy atom. The van der Waals surface area contributed by atoms with Crippen molar-refractivity contribution in [1.29, 1.82) is 0 Å². The number of phenolic OH excluding ortho intramolecular Hbond substituents is 1. The third kappa shape index (κ3) is 3.56. The van der Waals surface area contributed by atoms with Gasteiger partial charge < -0.3 is 14.6 Å². The third-order valence-corrected chi connectivity index (χ3v) is 8.05. The summed E-state index contributed by atoms with van der Waals surface area (Å²) in [7, 11) is 2.91. The van der Waals surface area contributed by atoms with Crippen LogP contribution in [0, 0.1) is 17.8 Å². The maximum atomic E-state index is 13.8. The number of fused-ring (bicyclic) bond motifs is 3. The van der Waals surface area contributed by atoms with Crippen molar-refractivity contribution in [3.8, 4) is 17.2 Å². The van der Waals surface area contributed by atoms with Gasteiger partial charge in [-0.1, -0.05) is 11.6 Å². The van der Waals surface area contributed by atoms with Crippen LogP contribution in [0.25, 0.3) is 0 Å². The predicted molar refractivity (Wildman–Crippen MR) is 134 cm³/mol. The topological polar surface area (TPSA) is 110 Å². The van der Waals surface area contributed by atoms with Gasteiger partial charge in [0.2, 0.25) is 11.8 Å². The van der Waals surface area contributed by atoms with Crippen molar-refractivity contribution >= 4 is 23.4 Å². The average Bonchev–Trinajstić information content (AvgIpc) is 3.11. The first-order valence-electron chi connectivity index (χ1n) is 12.4. The summed E-state index contributed by atoms with van der Waals surface area (Å²) in [5.41, 5.74) is 1.67. The summed E-state index contributed by atoms with van der Waals surface area (Å²) in [4.78, 5) is 55.4. The molecule has 4 aliphatic rings. The molecule has 5 rings (SSSR count). The number of carbonyl (C=O) groups excluding carboxylic acids is 4. The number of carbonyl (C=O) groups is 4. The minimum Gasteiger partial charge on any atom is -0.508 e. The van der Waals surface area contributed by atoms with Crippen LogP contribution in [-0.4, -0.2) is 53.1 Å². The van der Waals surface area contributed by atoms with Crippen LogP contribution in [0.15, 0.2) is 46.6 Å². The zero-order valence-electron chi connectivity index (χ0n) is 21.9. The Balaban J connectivity index is 1.76. The average molecular weight is 506 g/mol. The zero-order chi connectivity index (χ0) is 27.0. The van der Waals surface area contributed by atoms with Crippen LogP contribution in [-0.2, 0) is 19.2 Å².